The molecule has 0 radical (unpaired) electrons. The van der Waals surface area contributed by atoms with Gasteiger partial charge < -0.3 is 14.4 Å². The van der Waals surface area contributed by atoms with Crippen molar-refractivity contribution < 1.29 is 24.0 Å². The van der Waals surface area contributed by atoms with E-state index in [0.717, 1.165) is 0 Å². The van der Waals surface area contributed by atoms with Crippen LogP contribution in [0.1, 0.15) is 22.9 Å². The fourth-order valence-corrected chi connectivity index (χ4v) is 3.65. The molecule has 1 fully saturated rings. The molecule has 1 saturated heterocycles. The van der Waals surface area contributed by atoms with Gasteiger partial charge in [0.05, 0.1) is 18.7 Å². The van der Waals surface area contributed by atoms with E-state index in [1.165, 1.54) is 12.0 Å². The summed E-state index contributed by atoms with van der Waals surface area (Å²) in [6.45, 7) is 1.68. The minimum Gasteiger partial charge on any atom is -0.507 e. The highest BCUT2D eigenvalue weighted by Crippen LogP contribution is 2.42. The molecule has 1 aliphatic rings. The van der Waals surface area contributed by atoms with Crippen LogP contribution in [-0.4, -0.2) is 29.1 Å². The molecule has 0 aliphatic carbocycles. The van der Waals surface area contributed by atoms with Crippen molar-refractivity contribution in [2.45, 2.75) is 13.0 Å². The lowest BCUT2D eigenvalue weighted by atomic mass is 9.95. The molecule has 7 nitrogen and oxygen atoms in total. The minimum atomic E-state index is -0.931. The van der Waals surface area contributed by atoms with E-state index in [0.29, 0.717) is 27.7 Å². The number of ether oxygens (including phenoxy) is 1. The van der Waals surface area contributed by atoms with Crippen LogP contribution in [0.4, 0.5) is 5.82 Å². The first-order valence-electron chi connectivity index (χ1n) is 9.05. The van der Waals surface area contributed by atoms with Crippen molar-refractivity contribution in [3.8, 4) is 5.75 Å². The van der Waals surface area contributed by atoms with Crippen LogP contribution in [-0.2, 0) is 9.59 Å². The predicted molar refractivity (Wildman–Crippen MR) is 110 cm³/mol. The van der Waals surface area contributed by atoms with E-state index in [1.54, 1.807) is 61.5 Å². The summed E-state index contributed by atoms with van der Waals surface area (Å²) >= 11 is 6.16. The number of amides is 1. The third kappa shape index (κ3) is 3.33. The molecule has 2 heterocycles. The van der Waals surface area contributed by atoms with Gasteiger partial charge in [-0.25, -0.2) is 0 Å². The molecule has 1 aromatic heterocycles. The number of nitrogens with zero attached hydrogens (tertiary/aromatic N) is 2. The number of anilines is 1. The highest BCUT2D eigenvalue weighted by molar-refractivity contribution is 6.51. The van der Waals surface area contributed by atoms with E-state index < -0.39 is 17.7 Å². The molecule has 0 bridgehead atoms. The molecule has 0 spiro atoms. The Labute approximate surface area is 177 Å². The molecule has 1 unspecified atom stereocenters. The second-order valence-corrected chi connectivity index (χ2v) is 7.19. The monoisotopic (exact) mass is 424 g/mol. The number of aliphatic hydroxyl groups is 1. The van der Waals surface area contributed by atoms with E-state index in [2.05, 4.69) is 5.16 Å². The summed E-state index contributed by atoms with van der Waals surface area (Å²) in [5.74, 6) is -0.827. The Morgan fingerprint density at radius 3 is 2.60 bits per heavy atom. The minimum absolute atomic E-state index is 0.0730. The molecule has 8 heteroatoms. The summed E-state index contributed by atoms with van der Waals surface area (Å²) in [7, 11) is 1.50. The zero-order valence-electron chi connectivity index (χ0n) is 16.1. The Kier molecular flexibility index (Phi) is 5.05. The Morgan fingerprint density at radius 1 is 1.17 bits per heavy atom. The normalized spacial score (nSPS) is 18.1. The SMILES string of the molecule is COc1cccc(/C(O)=C2/C(=O)C(=O)N(c3cc(C)on3)C2c2cccc(Cl)c2)c1. The van der Waals surface area contributed by atoms with Gasteiger partial charge in [0.2, 0.25) is 0 Å². The molecule has 1 amide bonds. The van der Waals surface area contributed by atoms with Crippen molar-refractivity contribution in [3.63, 3.8) is 0 Å². The maximum atomic E-state index is 13.0. The largest absolute Gasteiger partial charge is 0.507 e. The third-order valence-electron chi connectivity index (χ3n) is 4.81. The Hall–Kier alpha value is -3.58. The molecule has 1 atom stereocenters. The summed E-state index contributed by atoms with van der Waals surface area (Å²) in [6.07, 6.45) is 0. The number of ketones is 1. The molecule has 4 rings (SSSR count). The van der Waals surface area contributed by atoms with E-state index in [1.807, 2.05) is 0 Å². The van der Waals surface area contributed by atoms with Gasteiger partial charge in [0.15, 0.2) is 5.82 Å². The molecule has 152 valence electrons. The third-order valence-corrected chi connectivity index (χ3v) is 5.05. The number of carbonyl (C=O) groups excluding carboxylic acids is 2. The number of aliphatic hydroxyl groups excluding tert-OH is 1. The van der Waals surface area contributed by atoms with Gasteiger partial charge in [-0.15, -0.1) is 0 Å². The highest BCUT2D eigenvalue weighted by Gasteiger charge is 2.48. The Morgan fingerprint density at radius 2 is 1.93 bits per heavy atom. The topological polar surface area (TPSA) is 92.9 Å². The smallest absolute Gasteiger partial charge is 0.301 e. The second kappa shape index (κ2) is 7.68. The summed E-state index contributed by atoms with van der Waals surface area (Å²) in [4.78, 5) is 27.2. The van der Waals surface area contributed by atoms with Crippen LogP contribution in [0.25, 0.3) is 5.76 Å². The lowest BCUT2D eigenvalue weighted by Crippen LogP contribution is -2.29. The van der Waals surface area contributed by atoms with Gasteiger partial charge in [0.25, 0.3) is 5.78 Å². The van der Waals surface area contributed by atoms with Crippen molar-refractivity contribution >= 4 is 34.9 Å². The first kappa shape index (κ1) is 19.7. The van der Waals surface area contributed by atoms with Crippen LogP contribution in [0.2, 0.25) is 5.02 Å². The number of rotatable bonds is 4. The number of hydrogen-bond acceptors (Lipinski definition) is 6. The van der Waals surface area contributed by atoms with E-state index >= 15 is 0 Å². The van der Waals surface area contributed by atoms with E-state index in [-0.39, 0.29) is 17.2 Å². The van der Waals surface area contributed by atoms with E-state index in [9.17, 15) is 14.7 Å². The lowest BCUT2D eigenvalue weighted by molar-refractivity contribution is -0.132. The number of benzene rings is 2. The number of hydrogen-bond donors (Lipinski definition) is 1. The quantitative estimate of drug-likeness (QED) is 0.382. The first-order chi connectivity index (χ1) is 14.4. The number of halogens is 1. The Bertz CT molecular complexity index is 1180. The number of carbonyl (C=O) groups is 2. The summed E-state index contributed by atoms with van der Waals surface area (Å²) < 4.78 is 10.3. The second-order valence-electron chi connectivity index (χ2n) is 6.75. The number of aromatic nitrogens is 1. The van der Waals surface area contributed by atoms with Crippen LogP contribution in [0.15, 0.2) is 64.7 Å². The predicted octanol–water partition coefficient (Wildman–Crippen LogP) is 4.27. The van der Waals surface area contributed by atoms with Crippen LogP contribution >= 0.6 is 11.6 Å². The number of aryl methyl sites for hydroxylation is 1. The summed E-state index contributed by atoms with van der Waals surface area (Å²) in [6, 6.07) is 14.0. The van der Waals surface area contributed by atoms with Gasteiger partial charge in [-0.2, -0.15) is 0 Å². The molecular weight excluding hydrogens is 408 g/mol. The van der Waals surface area contributed by atoms with Crippen molar-refractivity contribution in [3.05, 3.63) is 82.1 Å². The zero-order valence-corrected chi connectivity index (χ0v) is 16.9. The fourth-order valence-electron chi connectivity index (χ4n) is 3.45. The molecule has 30 heavy (non-hydrogen) atoms. The van der Waals surface area contributed by atoms with Crippen molar-refractivity contribution in [2.75, 3.05) is 12.0 Å². The zero-order chi connectivity index (χ0) is 21.4. The standard InChI is InChI=1S/C22H17ClN2O5/c1-12-9-17(24-30-12)25-19(13-5-3-7-15(23)10-13)18(21(27)22(25)28)20(26)14-6-4-8-16(11-14)29-2/h3-11,19,26H,1-2H3/b20-18-. The van der Waals surface area contributed by atoms with Crippen LogP contribution in [0, 0.1) is 6.92 Å². The highest BCUT2D eigenvalue weighted by atomic mass is 35.5. The molecule has 0 saturated carbocycles. The van der Waals surface area contributed by atoms with Gasteiger partial charge in [0.1, 0.15) is 17.3 Å². The molecular formula is C22H17ClN2O5. The van der Waals surface area contributed by atoms with Gasteiger partial charge in [-0.3, -0.25) is 14.5 Å². The average Bonchev–Trinajstić information content (AvgIpc) is 3.28. The van der Waals surface area contributed by atoms with Crippen LogP contribution in [0.5, 0.6) is 5.75 Å². The summed E-state index contributed by atoms with van der Waals surface area (Å²) in [5, 5.41) is 15.4. The lowest BCUT2D eigenvalue weighted by Gasteiger charge is -2.23. The van der Waals surface area contributed by atoms with Crippen molar-refractivity contribution in [1.82, 2.24) is 5.16 Å². The van der Waals surface area contributed by atoms with Gasteiger partial charge in [-0.05, 0) is 36.8 Å². The fraction of sp³-hybridized carbons (Fsp3) is 0.136. The van der Waals surface area contributed by atoms with Gasteiger partial charge >= 0.3 is 5.91 Å². The number of Topliss-reactive ketones (excluding diaryl/α,β-unsaturated/α-hetero) is 1. The molecule has 1 aliphatic heterocycles. The van der Waals surface area contributed by atoms with Crippen molar-refractivity contribution in [2.24, 2.45) is 0 Å². The Balaban J connectivity index is 1.95. The maximum Gasteiger partial charge on any atom is 0.301 e. The van der Waals surface area contributed by atoms with Crippen LogP contribution < -0.4 is 9.64 Å². The van der Waals surface area contributed by atoms with E-state index in [4.69, 9.17) is 20.9 Å². The van der Waals surface area contributed by atoms with Crippen LogP contribution in [0.3, 0.4) is 0 Å². The average molecular weight is 425 g/mol. The number of methoxy groups -OCH3 is 1. The maximum absolute atomic E-state index is 13.0. The molecule has 1 N–H and O–H groups in total. The molecule has 3 aromatic rings. The molecule has 2 aromatic carbocycles. The van der Waals surface area contributed by atoms with Crippen molar-refractivity contribution in [1.29, 1.82) is 0 Å². The van der Waals surface area contributed by atoms with Gasteiger partial charge in [-0.1, -0.05) is 41.0 Å². The first-order valence-corrected chi connectivity index (χ1v) is 9.42. The van der Waals surface area contributed by atoms with Gasteiger partial charge in [0, 0.05) is 16.7 Å². The summed E-state index contributed by atoms with van der Waals surface area (Å²) in [5.41, 5.74) is 0.818.